The van der Waals surface area contributed by atoms with E-state index in [0.717, 1.165) is 11.1 Å². The third-order valence-corrected chi connectivity index (χ3v) is 6.65. The molecule has 0 spiro atoms. The normalized spacial score (nSPS) is 17.5. The van der Waals surface area contributed by atoms with Gasteiger partial charge in [-0.05, 0) is 42.9 Å². The first kappa shape index (κ1) is 28.5. The predicted molar refractivity (Wildman–Crippen MR) is 144 cm³/mol. The molecule has 3 rings (SSSR count). The molecule has 8 heteroatoms. The van der Waals surface area contributed by atoms with Crippen LogP contribution in [0.4, 0.5) is 0 Å². The quantitative estimate of drug-likeness (QED) is 0.189. The summed E-state index contributed by atoms with van der Waals surface area (Å²) in [5, 5.41) is 11.7. The number of carbonyl (C=O) groups excluding carboxylic acids is 2. The van der Waals surface area contributed by atoms with Gasteiger partial charge < -0.3 is 24.2 Å². The molecular formula is C29H36ClNO6. The van der Waals surface area contributed by atoms with Gasteiger partial charge in [-0.3, -0.25) is 9.59 Å². The molecule has 7 nitrogen and oxygen atoms in total. The number of carbonyl (C=O) groups is 2. The molecule has 2 aromatic rings. The number of ketones is 1. The molecule has 1 amide bonds. The van der Waals surface area contributed by atoms with Gasteiger partial charge >= 0.3 is 0 Å². The monoisotopic (exact) mass is 529 g/mol. The van der Waals surface area contributed by atoms with Gasteiger partial charge in [-0.25, -0.2) is 0 Å². The number of rotatable bonds is 9. The van der Waals surface area contributed by atoms with Crippen LogP contribution < -0.4 is 9.47 Å². The first-order chi connectivity index (χ1) is 17.4. The topological polar surface area (TPSA) is 85.3 Å². The molecule has 1 heterocycles. The summed E-state index contributed by atoms with van der Waals surface area (Å²) in [6.07, 6.45) is 0.600. The van der Waals surface area contributed by atoms with Crippen LogP contribution in [0.3, 0.4) is 0 Å². The molecular weight excluding hydrogens is 494 g/mol. The van der Waals surface area contributed by atoms with Crippen molar-refractivity contribution in [2.75, 3.05) is 27.4 Å². The molecule has 1 atom stereocenters. The molecule has 1 unspecified atom stereocenters. The maximum absolute atomic E-state index is 13.4. The van der Waals surface area contributed by atoms with Crippen LogP contribution in [-0.2, 0) is 19.7 Å². The summed E-state index contributed by atoms with van der Waals surface area (Å²) in [5.74, 6) is -1.17. The van der Waals surface area contributed by atoms with E-state index < -0.39 is 17.7 Å². The van der Waals surface area contributed by atoms with Crippen molar-refractivity contribution in [3.63, 3.8) is 0 Å². The molecule has 1 saturated heterocycles. The molecule has 1 fully saturated rings. The van der Waals surface area contributed by atoms with Crippen molar-refractivity contribution in [3.05, 3.63) is 63.7 Å². The summed E-state index contributed by atoms with van der Waals surface area (Å²) in [4.78, 5) is 28.1. The molecule has 2 aromatic carbocycles. The van der Waals surface area contributed by atoms with Crippen LogP contribution in [0.5, 0.6) is 11.5 Å². The third kappa shape index (κ3) is 6.11. The van der Waals surface area contributed by atoms with Crippen molar-refractivity contribution in [2.45, 2.75) is 58.6 Å². The summed E-state index contributed by atoms with van der Waals surface area (Å²) in [5.41, 5.74) is 1.95. The number of benzene rings is 2. The lowest BCUT2D eigenvalue weighted by atomic mass is 9.85. The van der Waals surface area contributed by atoms with Gasteiger partial charge in [-0.15, -0.1) is 0 Å². The number of aliphatic hydroxyl groups is 1. The van der Waals surface area contributed by atoms with E-state index in [4.69, 9.17) is 25.8 Å². The van der Waals surface area contributed by atoms with Crippen molar-refractivity contribution in [3.8, 4) is 11.5 Å². The van der Waals surface area contributed by atoms with E-state index in [2.05, 4.69) is 20.8 Å². The minimum atomic E-state index is -0.779. The number of Topliss-reactive ketones (excluding diaryl/α,β-unsaturated/α-hetero) is 1. The summed E-state index contributed by atoms with van der Waals surface area (Å²) >= 11 is 6.34. The van der Waals surface area contributed by atoms with Gasteiger partial charge in [0.15, 0.2) is 0 Å². The summed E-state index contributed by atoms with van der Waals surface area (Å²) in [6, 6.07) is 10.0. The Morgan fingerprint density at radius 2 is 1.68 bits per heavy atom. The molecule has 1 aliphatic heterocycles. The van der Waals surface area contributed by atoms with Crippen LogP contribution in [0.15, 0.2) is 42.0 Å². The fourth-order valence-electron chi connectivity index (χ4n) is 4.37. The molecule has 37 heavy (non-hydrogen) atoms. The predicted octanol–water partition coefficient (Wildman–Crippen LogP) is 5.89. The van der Waals surface area contributed by atoms with Gasteiger partial charge in [0.1, 0.15) is 17.3 Å². The van der Waals surface area contributed by atoms with Crippen LogP contribution in [0.1, 0.15) is 63.8 Å². The van der Waals surface area contributed by atoms with Gasteiger partial charge in [0.05, 0.1) is 42.5 Å². The highest BCUT2D eigenvalue weighted by atomic mass is 35.5. The molecule has 1 aliphatic rings. The number of halogens is 1. The van der Waals surface area contributed by atoms with Gasteiger partial charge in [-0.1, -0.05) is 56.6 Å². The molecule has 0 aromatic heterocycles. The Hall–Kier alpha value is -3.03. The Labute approximate surface area is 224 Å². The van der Waals surface area contributed by atoms with E-state index in [1.54, 1.807) is 0 Å². The SMILES string of the molecule is COc1cc(OC)c(/C(O)=C2\C(=O)C(=O)N(CCCOC(C)C)C2c2ccc(C(C)(C)C)cc2)cc1Cl. The smallest absolute Gasteiger partial charge is 0.295 e. The maximum atomic E-state index is 13.4. The Balaban J connectivity index is 2.15. The van der Waals surface area contributed by atoms with Crippen molar-refractivity contribution in [1.82, 2.24) is 4.90 Å². The van der Waals surface area contributed by atoms with E-state index in [-0.39, 0.29) is 39.2 Å². The summed E-state index contributed by atoms with van der Waals surface area (Å²) in [7, 11) is 2.91. The van der Waals surface area contributed by atoms with E-state index in [9.17, 15) is 14.7 Å². The molecule has 0 radical (unpaired) electrons. The average Bonchev–Trinajstić information content (AvgIpc) is 3.10. The molecule has 0 saturated carbocycles. The zero-order valence-electron chi connectivity index (χ0n) is 22.6. The van der Waals surface area contributed by atoms with E-state index in [1.165, 1.54) is 31.3 Å². The zero-order chi connectivity index (χ0) is 27.5. The van der Waals surface area contributed by atoms with Crippen LogP contribution in [0.25, 0.3) is 5.76 Å². The van der Waals surface area contributed by atoms with E-state index in [0.29, 0.717) is 25.3 Å². The average molecular weight is 530 g/mol. The molecule has 200 valence electrons. The second kappa shape index (κ2) is 11.6. The highest BCUT2D eigenvalue weighted by Crippen LogP contribution is 2.43. The minimum Gasteiger partial charge on any atom is -0.507 e. The highest BCUT2D eigenvalue weighted by Gasteiger charge is 2.46. The Bertz CT molecular complexity index is 1180. The largest absolute Gasteiger partial charge is 0.507 e. The van der Waals surface area contributed by atoms with Crippen molar-refractivity contribution >= 4 is 29.1 Å². The Morgan fingerprint density at radius 3 is 2.22 bits per heavy atom. The second-order valence-corrected chi connectivity index (χ2v) is 10.7. The first-order valence-corrected chi connectivity index (χ1v) is 12.7. The Morgan fingerprint density at radius 1 is 1.05 bits per heavy atom. The number of amides is 1. The zero-order valence-corrected chi connectivity index (χ0v) is 23.3. The third-order valence-electron chi connectivity index (χ3n) is 6.36. The molecule has 1 N–H and O–H groups in total. The van der Waals surface area contributed by atoms with Gasteiger partial charge in [0, 0.05) is 19.2 Å². The minimum absolute atomic E-state index is 0.0159. The van der Waals surface area contributed by atoms with Crippen LogP contribution in [0.2, 0.25) is 5.02 Å². The van der Waals surface area contributed by atoms with Crippen LogP contribution in [-0.4, -0.2) is 55.2 Å². The number of methoxy groups -OCH3 is 2. The van der Waals surface area contributed by atoms with Crippen molar-refractivity contribution < 1.29 is 28.9 Å². The maximum Gasteiger partial charge on any atom is 0.295 e. The fraction of sp³-hybridized carbons (Fsp3) is 0.448. The van der Waals surface area contributed by atoms with Crippen molar-refractivity contribution in [1.29, 1.82) is 0 Å². The second-order valence-electron chi connectivity index (χ2n) is 10.3. The summed E-state index contributed by atoms with van der Waals surface area (Å²) < 4.78 is 16.3. The number of ether oxygens (including phenoxy) is 3. The van der Waals surface area contributed by atoms with E-state index >= 15 is 0 Å². The van der Waals surface area contributed by atoms with Crippen molar-refractivity contribution in [2.24, 2.45) is 0 Å². The number of nitrogens with zero attached hydrogens (tertiary/aromatic N) is 1. The lowest BCUT2D eigenvalue weighted by Gasteiger charge is -2.27. The van der Waals surface area contributed by atoms with Crippen LogP contribution in [0, 0.1) is 0 Å². The standard InChI is InChI=1S/C29H36ClNO6/c1-17(2)37-14-8-13-31-25(18-9-11-19(12-10-18)29(3,4)5)24(27(33)28(31)34)26(32)20-15-21(30)23(36-7)16-22(20)35-6/h9-12,15-17,25,32H,8,13-14H2,1-7H3/b26-24+. The lowest BCUT2D eigenvalue weighted by molar-refractivity contribution is -0.140. The van der Waals surface area contributed by atoms with Gasteiger partial charge in [0.25, 0.3) is 11.7 Å². The molecule has 0 bridgehead atoms. The fourth-order valence-corrected chi connectivity index (χ4v) is 4.61. The number of hydrogen-bond donors (Lipinski definition) is 1. The molecule has 0 aliphatic carbocycles. The number of aliphatic hydroxyl groups excluding tert-OH is 1. The lowest BCUT2D eigenvalue weighted by Crippen LogP contribution is -2.31. The van der Waals surface area contributed by atoms with E-state index in [1.807, 2.05) is 38.1 Å². The van der Waals surface area contributed by atoms with Gasteiger partial charge in [0.2, 0.25) is 0 Å². The number of hydrogen-bond acceptors (Lipinski definition) is 6. The highest BCUT2D eigenvalue weighted by molar-refractivity contribution is 6.46. The van der Waals surface area contributed by atoms with Crippen LogP contribution >= 0.6 is 11.6 Å². The van der Waals surface area contributed by atoms with Gasteiger partial charge in [-0.2, -0.15) is 0 Å². The first-order valence-electron chi connectivity index (χ1n) is 12.3. The Kier molecular flexibility index (Phi) is 8.92. The number of likely N-dealkylation sites (tertiary alicyclic amines) is 1. The summed E-state index contributed by atoms with van der Waals surface area (Å²) in [6.45, 7) is 11.0.